The van der Waals surface area contributed by atoms with Crippen LogP contribution in [0.2, 0.25) is 0 Å². The van der Waals surface area contributed by atoms with E-state index in [1.807, 2.05) is 32.6 Å². The van der Waals surface area contributed by atoms with E-state index in [-0.39, 0.29) is 23.6 Å². The van der Waals surface area contributed by atoms with Crippen molar-refractivity contribution in [2.24, 2.45) is 11.8 Å². The standard InChI is InChI=1S/C23H34FN3O3/c1-5-26(6-2)23(30)21(25-22(29)18-7-9-19(24)10-8-18)17-11-13-27(14-12-17)20(28)15-16(3)4/h7-10,16-17,21H,5-6,11-15H2,1-4H3,(H,25,29)/t21-/m0/s1. The topological polar surface area (TPSA) is 69.7 Å². The minimum Gasteiger partial charge on any atom is -0.343 e. The molecule has 0 aromatic heterocycles. The first-order valence-electron chi connectivity index (χ1n) is 10.9. The van der Waals surface area contributed by atoms with Gasteiger partial charge in [-0.3, -0.25) is 14.4 Å². The summed E-state index contributed by atoms with van der Waals surface area (Å²) in [6.07, 6.45) is 1.84. The number of halogens is 1. The fraction of sp³-hybridized carbons (Fsp3) is 0.609. The van der Waals surface area contributed by atoms with Gasteiger partial charge in [0.25, 0.3) is 5.91 Å². The number of hydrogen-bond donors (Lipinski definition) is 1. The summed E-state index contributed by atoms with van der Waals surface area (Å²) in [5, 5.41) is 2.89. The number of nitrogens with one attached hydrogen (secondary N) is 1. The molecule has 0 bridgehead atoms. The van der Waals surface area contributed by atoms with Gasteiger partial charge in [0.15, 0.2) is 0 Å². The molecule has 2 rings (SSSR count). The Morgan fingerprint density at radius 3 is 2.17 bits per heavy atom. The average molecular weight is 420 g/mol. The van der Waals surface area contributed by atoms with E-state index in [2.05, 4.69) is 5.32 Å². The molecule has 7 heteroatoms. The molecule has 30 heavy (non-hydrogen) atoms. The zero-order chi connectivity index (χ0) is 22.3. The van der Waals surface area contributed by atoms with Crippen molar-refractivity contribution < 1.29 is 18.8 Å². The van der Waals surface area contributed by atoms with Crippen molar-refractivity contribution in [1.29, 1.82) is 0 Å². The average Bonchev–Trinajstić information content (AvgIpc) is 2.72. The molecule has 0 saturated carbocycles. The molecule has 1 atom stereocenters. The van der Waals surface area contributed by atoms with E-state index in [9.17, 15) is 18.8 Å². The summed E-state index contributed by atoms with van der Waals surface area (Å²) in [5.41, 5.74) is 0.318. The predicted molar refractivity (Wildman–Crippen MR) is 114 cm³/mol. The van der Waals surface area contributed by atoms with Gasteiger partial charge in [0.05, 0.1) is 0 Å². The van der Waals surface area contributed by atoms with E-state index in [1.54, 1.807) is 4.90 Å². The zero-order valence-corrected chi connectivity index (χ0v) is 18.5. The highest BCUT2D eigenvalue weighted by Gasteiger charge is 2.35. The Morgan fingerprint density at radius 1 is 1.10 bits per heavy atom. The summed E-state index contributed by atoms with van der Waals surface area (Å²) in [5.74, 6) is -0.514. The lowest BCUT2D eigenvalue weighted by Gasteiger charge is -2.37. The van der Waals surface area contributed by atoms with Crippen molar-refractivity contribution in [2.75, 3.05) is 26.2 Å². The van der Waals surface area contributed by atoms with Crippen LogP contribution < -0.4 is 5.32 Å². The number of nitrogens with zero attached hydrogens (tertiary/aromatic N) is 2. The Balaban J connectivity index is 2.12. The van der Waals surface area contributed by atoms with Gasteiger partial charge in [-0.15, -0.1) is 0 Å². The van der Waals surface area contributed by atoms with Crippen LogP contribution in [0.1, 0.15) is 57.3 Å². The number of carbonyl (C=O) groups is 3. The van der Waals surface area contributed by atoms with Crippen LogP contribution in [0.15, 0.2) is 24.3 Å². The van der Waals surface area contributed by atoms with Crippen LogP contribution in [0, 0.1) is 17.7 Å². The van der Waals surface area contributed by atoms with Gasteiger partial charge in [0, 0.05) is 38.2 Å². The van der Waals surface area contributed by atoms with Gasteiger partial charge in [-0.1, -0.05) is 13.8 Å². The number of likely N-dealkylation sites (N-methyl/N-ethyl adjacent to an activating group) is 1. The van der Waals surface area contributed by atoms with Crippen molar-refractivity contribution in [1.82, 2.24) is 15.1 Å². The van der Waals surface area contributed by atoms with Gasteiger partial charge in [0.2, 0.25) is 11.8 Å². The summed E-state index contributed by atoms with van der Waals surface area (Å²) in [6.45, 7) is 10.2. The third kappa shape index (κ3) is 6.28. The molecule has 1 fully saturated rings. The van der Waals surface area contributed by atoms with Gasteiger partial charge in [0.1, 0.15) is 11.9 Å². The minimum atomic E-state index is -0.662. The second-order valence-corrected chi connectivity index (χ2v) is 8.28. The number of likely N-dealkylation sites (tertiary alicyclic amines) is 1. The fourth-order valence-corrected chi connectivity index (χ4v) is 3.90. The molecule has 0 aliphatic carbocycles. The third-order valence-electron chi connectivity index (χ3n) is 5.68. The first-order chi connectivity index (χ1) is 14.3. The summed E-state index contributed by atoms with van der Waals surface area (Å²) < 4.78 is 13.2. The van der Waals surface area contributed by atoms with Gasteiger partial charge < -0.3 is 15.1 Å². The number of rotatable bonds is 8. The number of hydrogen-bond acceptors (Lipinski definition) is 3. The Kier molecular flexibility index (Phi) is 8.81. The van der Waals surface area contributed by atoms with E-state index >= 15 is 0 Å². The second kappa shape index (κ2) is 11.1. The zero-order valence-electron chi connectivity index (χ0n) is 18.5. The molecule has 0 spiro atoms. The number of benzene rings is 1. The molecule has 0 radical (unpaired) electrons. The van der Waals surface area contributed by atoms with Gasteiger partial charge in [-0.05, 0) is 62.8 Å². The minimum absolute atomic E-state index is 0.0504. The fourth-order valence-electron chi connectivity index (χ4n) is 3.90. The Labute approximate surface area is 178 Å². The van der Waals surface area contributed by atoms with E-state index in [0.29, 0.717) is 56.9 Å². The first kappa shape index (κ1) is 23.8. The van der Waals surface area contributed by atoms with Crippen LogP contribution in [0.25, 0.3) is 0 Å². The molecule has 0 unspecified atom stereocenters. The van der Waals surface area contributed by atoms with Crippen LogP contribution in [0.5, 0.6) is 0 Å². The second-order valence-electron chi connectivity index (χ2n) is 8.28. The molecular weight excluding hydrogens is 385 g/mol. The van der Waals surface area contributed by atoms with Crippen LogP contribution in [0.3, 0.4) is 0 Å². The largest absolute Gasteiger partial charge is 0.343 e. The molecule has 1 aromatic carbocycles. The van der Waals surface area contributed by atoms with E-state index in [0.717, 1.165) is 0 Å². The monoisotopic (exact) mass is 419 g/mol. The van der Waals surface area contributed by atoms with E-state index < -0.39 is 11.9 Å². The molecule has 1 heterocycles. The molecule has 1 N–H and O–H groups in total. The van der Waals surface area contributed by atoms with Crippen molar-refractivity contribution >= 4 is 17.7 Å². The lowest BCUT2D eigenvalue weighted by atomic mass is 9.87. The highest BCUT2D eigenvalue weighted by Crippen LogP contribution is 2.24. The predicted octanol–water partition coefficient (Wildman–Crippen LogP) is 3.08. The normalized spacial score (nSPS) is 15.7. The Morgan fingerprint density at radius 2 is 1.67 bits per heavy atom. The van der Waals surface area contributed by atoms with Gasteiger partial charge in [-0.25, -0.2) is 4.39 Å². The van der Waals surface area contributed by atoms with Crippen molar-refractivity contribution in [3.05, 3.63) is 35.6 Å². The molecule has 1 aliphatic rings. The smallest absolute Gasteiger partial charge is 0.251 e. The lowest BCUT2D eigenvalue weighted by Crippen LogP contribution is -2.54. The molecule has 1 saturated heterocycles. The molecule has 1 aliphatic heterocycles. The van der Waals surface area contributed by atoms with Crippen LogP contribution in [-0.2, 0) is 9.59 Å². The molecule has 6 nitrogen and oxygen atoms in total. The van der Waals surface area contributed by atoms with Gasteiger partial charge in [-0.2, -0.15) is 0 Å². The Bertz CT molecular complexity index is 724. The summed E-state index contributed by atoms with van der Waals surface area (Å²) in [7, 11) is 0. The third-order valence-corrected chi connectivity index (χ3v) is 5.68. The number of amides is 3. The van der Waals surface area contributed by atoms with E-state index in [4.69, 9.17) is 0 Å². The van der Waals surface area contributed by atoms with Crippen molar-refractivity contribution in [3.63, 3.8) is 0 Å². The van der Waals surface area contributed by atoms with E-state index in [1.165, 1.54) is 24.3 Å². The molecular formula is C23H34FN3O3. The maximum Gasteiger partial charge on any atom is 0.251 e. The van der Waals surface area contributed by atoms with Crippen LogP contribution >= 0.6 is 0 Å². The maximum absolute atomic E-state index is 13.2. The maximum atomic E-state index is 13.2. The highest BCUT2D eigenvalue weighted by atomic mass is 19.1. The molecule has 1 aromatic rings. The van der Waals surface area contributed by atoms with Gasteiger partial charge >= 0.3 is 0 Å². The number of carbonyl (C=O) groups excluding carboxylic acids is 3. The lowest BCUT2D eigenvalue weighted by molar-refractivity contribution is -0.136. The highest BCUT2D eigenvalue weighted by molar-refractivity contribution is 5.97. The van der Waals surface area contributed by atoms with Crippen molar-refractivity contribution in [3.8, 4) is 0 Å². The number of piperidine rings is 1. The Hall–Kier alpha value is -2.44. The van der Waals surface area contributed by atoms with Crippen molar-refractivity contribution in [2.45, 2.75) is 53.0 Å². The summed E-state index contributed by atoms with van der Waals surface area (Å²) in [4.78, 5) is 41.8. The molecule has 3 amide bonds. The quantitative estimate of drug-likeness (QED) is 0.704. The summed E-state index contributed by atoms with van der Waals surface area (Å²) >= 11 is 0. The van der Waals surface area contributed by atoms with Crippen LogP contribution in [0.4, 0.5) is 4.39 Å². The molecule has 166 valence electrons. The SMILES string of the molecule is CCN(CC)C(=O)[C@@H](NC(=O)c1ccc(F)cc1)C1CCN(C(=O)CC(C)C)CC1. The first-order valence-corrected chi connectivity index (χ1v) is 10.9. The van der Waals surface area contributed by atoms with Crippen LogP contribution in [-0.4, -0.2) is 59.7 Å². The summed E-state index contributed by atoms with van der Waals surface area (Å²) in [6, 6.07) is 4.63.